The number of hydrogen-bond acceptors (Lipinski definition) is 9. The maximum absolute atomic E-state index is 12.1. The van der Waals surface area contributed by atoms with E-state index in [1.165, 1.54) is 55.9 Å². The van der Waals surface area contributed by atoms with E-state index in [-0.39, 0.29) is 0 Å². The van der Waals surface area contributed by atoms with Crippen molar-refractivity contribution >= 4 is 35.2 Å². The van der Waals surface area contributed by atoms with Crippen LogP contribution in [0.4, 0.5) is 27.7 Å². The first kappa shape index (κ1) is 32.3. The molecule has 4 N–H and O–H groups in total. The lowest BCUT2D eigenvalue weighted by molar-refractivity contribution is -0.105. The van der Waals surface area contributed by atoms with E-state index in [1.807, 2.05) is 28.9 Å². The van der Waals surface area contributed by atoms with Gasteiger partial charge in [-0.3, -0.25) is 15.0 Å². The third-order valence-corrected chi connectivity index (χ3v) is 6.21. The number of fused-ring (bicyclic) bond motifs is 1. The van der Waals surface area contributed by atoms with Gasteiger partial charge in [-0.25, -0.2) is 9.50 Å². The molecule has 13 nitrogen and oxygen atoms in total. The lowest BCUT2D eigenvalue weighted by atomic mass is 10.3. The molecule has 1 aliphatic heterocycles. The highest BCUT2D eigenvalue weighted by Crippen LogP contribution is 2.39. The van der Waals surface area contributed by atoms with Crippen LogP contribution in [-0.2, 0) is 4.79 Å². The number of terminal acetylenes is 2. The van der Waals surface area contributed by atoms with E-state index < -0.39 is 5.95 Å². The maximum Gasteiger partial charge on any atom is 0.245 e. The van der Waals surface area contributed by atoms with Gasteiger partial charge in [0.25, 0.3) is 0 Å². The molecular weight excluding hydrogens is 563 g/mol. The van der Waals surface area contributed by atoms with Gasteiger partial charge in [0.1, 0.15) is 11.6 Å². The van der Waals surface area contributed by atoms with Crippen LogP contribution >= 0.6 is 0 Å². The zero-order valence-corrected chi connectivity index (χ0v) is 23.8. The normalized spacial score (nSPS) is 12.8. The molecule has 2 fully saturated rings. The number of pyridine rings is 1. The molecule has 0 radical (unpaired) electrons. The Bertz CT molecular complexity index is 1650. The summed E-state index contributed by atoms with van der Waals surface area (Å²) in [5.74, 6) is 2.52. The Balaban J connectivity index is 0.000000209. The molecule has 0 atom stereocenters. The van der Waals surface area contributed by atoms with Crippen LogP contribution in [0.25, 0.3) is 5.52 Å². The van der Waals surface area contributed by atoms with Crippen molar-refractivity contribution in [2.75, 3.05) is 28.6 Å². The Labute approximate surface area is 253 Å². The number of nitriles is 1. The summed E-state index contributed by atoms with van der Waals surface area (Å²) < 4.78 is 14.0. The minimum Gasteiger partial charge on any atom is -0.340 e. The monoisotopic (exact) mass is 594 g/mol. The number of aromatic nitrogens is 8. The summed E-state index contributed by atoms with van der Waals surface area (Å²) in [4.78, 5) is 20.1. The highest BCUT2D eigenvalue weighted by molar-refractivity contribution is 5.73. The second kappa shape index (κ2) is 16.9. The first-order valence-corrected chi connectivity index (χ1v) is 13.4. The minimum absolute atomic E-state index is 0.483. The van der Waals surface area contributed by atoms with Gasteiger partial charge in [-0.15, -0.1) is 30.8 Å². The third-order valence-electron chi connectivity index (χ3n) is 6.21. The molecule has 0 bridgehead atoms. The number of anilines is 4. The van der Waals surface area contributed by atoms with Gasteiger partial charge in [0.05, 0.1) is 23.6 Å². The largest absolute Gasteiger partial charge is 0.340 e. The summed E-state index contributed by atoms with van der Waals surface area (Å²) in [7, 11) is 0. The number of carbonyl (C=O) groups is 1. The molecule has 1 amide bonds. The van der Waals surface area contributed by atoms with E-state index in [2.05, 4.69) is 77.8 Å². The molecule has 5 aromatic heterocycles. The van der Waals surface area contributed by atoms with Crippen LogP contribution in [0.1, 0.15) is 42.9 Å². The van der Waals surface area contributed by atoms with Crippen molar-refractivity contribution in [3.63, 3.8) is 0 Å². The summed E-state index contributed by atoms with van der Waals surface area (Å²) >= 11 is 0. The SMILES string of the molecule is C#C.C#C.N#Cc1cn[nH]c1.O=CNc1ccc(F)nc1.c1cc2c(Nc3cc(C4CC4)[nH]n3)nc(N3CCCC3)nn2c1. The number of aromatic amines is 2. The topological polar surface area (TPSA) is 169 Å². The fourth-order valence-electron chi connectivity index (χ4n) is 4.03. The van der Waals surface area contributed by atoms with E-state index in [9.17, 15) is 9.18 Å². The Kier molecular flexibility index (Phi) is 12.4. The third kappa shape index (κ3) is 9.16. The van der Waals surface area contributed by atoms with E-state index in [0.717, 1.165) is 36.2 Å². The fraction of sp³-hybridized carbons (Fsp3) is 0.233. The van der Waals surface area contributed by atoms with Gasteiger partial charge in [0.2, 0.25) is 18.3 Å². The average Bonchev–Trinajstić information content (AvgIpc) is 3.59. The molecular formula is C30H31FN12O. The van der Waals surface area contributed by atoms with Crippen molar-refractivity contribution in [1.82, 2.24) is 40.0 Å². The number of amides is 1. The quantitative estimate of drug-likeness (QED) is 0.128. The van der Waals surface area contributed by atoms with Crippen LogP contribution in [0.5, 0.6) is 0 Å². The van der Waals surface area contributed by atoms with Gasteiger partial charge < -0.3 is 15.5 Å². The van der Waals surface area contributed by atoms with Crippen LogP contribution in [0.2, 0.25) is 0 Å². The molecule has 0 aromatic carbocycles. The molecule has 2 aliphatic rings. The van der Waals surface area contributed by atoms with Crippen molar-refractivity contribution in [3.8, 4) is 31.8 Å². The predicted molar refractivity (Wildman–Crippen MR) is 165 cm³/mol. The van der Waals surface area contributed by atoms with Gasteiger partial charge in [-0.1, -0.05) is 0 Å². The van der Waals surface area contributed by atoms with E-state index in [4.69, 9.17) is 10.2 Å². The molecule has 14 heteroatoms. The highest BCUT2D eigenvalue weighted by atomic mass is 19.1. The van der Waals surface area contributed by atoms with Crippen molar-refractivity contribution in [1.29, 1.82) is 5.26 Å². The summed E-state index contributed by atoms with van der Waals surface area (Å²) in [6, 6.07) is 10.6. The number of hydrogen-bond donors (Lipinski definition) is 4. The van der Waals surface area contributed by atoms with Crippen molar-refractivity contribution < 1.29 is 9.18 Å². The maximum atomic E-state index is 12.1. The van der Waals surface area contributed by atoms with Gasteiger partial charge in [0, 0.05) is 43.2 Å². The zero-order valence-electron chi connectivity index (χ0n) is 23.8. The second-order valence-corrected chi connectivity index (χ2v) is 9.13. The Morgan fingerprint density at radius 3 is 2.48 bits per heavy atom. The van der Waals surface area contributed by atoms with Gasteiger partial charge in [0.15, 0.2) is 11.6 Å². The molecule has 224 valence electrons. The van der Waals surface area contributed by atoms with E-state index >= 15 is 0 Å². The smallest absolute Gasteiger partial charge is 0.245 e. The van der Waals surface area contributed by atoms with E-state index in [1.54, 1.807) is 6.20 Å². The fourth-order valence-corrected chi connectivity index (χ4v) is 4.03. The number of H-pyrrole nitrogens is 2. The number of nitrogens with zero attached hydrogens (tertiary/aromatic N) is 8. The molecule has 7 rings (SSSR count). The number of halogens is 1. The minimum atomic E-state index is -0.559. The Hall–Kier alpha value is -6.20. The Morgan fingerprint density at radius 1 is 1.11 bits per heavy atom. The van der Waals surface area contributed by atoms with Crippen molar-refractivity contribution in [3.05, 3.63) is 72.3 Å². The lowest BCUT2D eigenvalue weighted by Gasteiger charge is -2.16. The van der Waals surface area contributed by atoms with Crippen molar-refractivity contribution in [2.24, 2.45) is 0 Å². The first-order valence-electron chi connectivity index (χ1n) is 13.4. The Morgan fingerprint density at radius 2 is 1.89 bits per heavy atom. The van der Waals surface area contributed by atoms with Crippen LogP contribution in [0.15, 0.2) is 55.1 Å². The number of rotatable bonds is 6. The molecule has 44 heavy (non-hydrogen) atoms. The standard InChI is InChI=1S/C16H19N7.C6H5FN2O.C4H3N3.2C2H2/c1-2-8-22(7-1)16-18-15(13-4-3-9-23(13)21-16)17-14-10-12(19-20-14)11-5-6-11;7-6-2-1-5(3-8-6)9-4-10;5-1-4-2-6-7-3-4;2*1-2/h3-4,9-11H,1-2,5-8H2,(H2,17,18,19,20,21);1-4H,(H,9,10);2-3H,(H,6,7);2*1-2H. The molecule has 5 aromatic rings. The predicted octanol–water partition coefficient (Wildman–Crippen LogP) is 4.24. The zero-order chi connectivity index (χ0) is 31.7. The number of nitrogens with one attached hydrogen (secondary N) is 4. The second-order valence-electron chi connectivity index (χ2n) is 9.13. The van der Waals surface area contributed by atoms with Gasteiger partial charge in [-0.2, -0.15) is 24.8 Å². The van der Waals surface area contributed by atoms with Crippen LogP contribution < -0.4 is 15.5 Å². The van der Waals surface area contributed by atoms with Crippen LogP contribution in [0, 0.1) is 43.0 Å². The van der Waals surface area contributed by atoms with Crippen molar-refractivity contribution in [2.45, 2.75) is 31.6 Å². The molecule has 1 aliphatic carbocycles. The molecule has 0 spiro atoms. The summed E-state index contributed by atoms with van der Waals surface area (Å²) in [6.07, 6.45) is 27.7. The lowest BCUT2D eigenvalue weighted by Crippen LogP contribution is -2.22. The van der Waals surface area contributed by atoms with Gasteiger partial charge in [-0.05, 0) is 49.9 Å². The summed E-state index contributed by atoms with van der Waals surface area (Å²) in [5, 5.41) is 32.0. The summed E-state index contributed by atoms with van der Waals surface area (Å²) in [5.41, 5.74) is 3.23. The van der Waals surface area contributed by atoms with Crippen LogP contribution in [0.3, 0.4) is 0 Å². The molecule has 0 unspecified atom stereocenters. The number of carbonyl (C=O) groups excluding carboxylic acids is 1. The highest BCUT2D eigenvalue weighted by Gasteiger charge is 2.26. The van der Waals surface area contributed by atoms with Crippen LogP contribution in [-0.4, -0.2) is 59.5 Å². The molecule has 1 saturated carbocycles. The van der Waals surface area contributed by atoms with E-state index in [0.29, 0.717) is 23.6 Å². The first-order chi connectivity index (χ1) is 21.6. The molecule has 1 saturated heterocycles. The summed E-state index contributed by atoms with van der Waals surface area (Å²) in [6.45, 7) is 2.06. The average molecular weight is 595 g/mol. The van der Waals surface area contributed by atoms with Gasteiger partial charge >= 0.3 is 0 Å². The molecule has 6 heterocycles.